The molecule has 1 heterocycles. The van der Waals surface area contributed by atoms with Crippen LogP contribution >= 0.6 is 0 Å². The molecule has 2 aliphatic rings. The average molecular weight is 350 g/mol. The fraction of sp³-hybridized carbons (Fsp3) is 0.857. The van der Waals surface area contributed by atoms with Gasteiger partial charge in [0.2, 0.25) is 5.91 Å². The molecule has 1 amide bonds. The molecule has 144 valence electrons. The number of nitrogens with zero attached hydrogens (tertiary/aromatic N) is 2. The van der Waals surface area contributed by atoms with Gasteiger partial charge in [0.1, 0.15) is 0 Å². The summed E-state index contributed by atoms with van der Waals surface area (Å²) in [5, 5.41) is 3.11. The number of piperidine rings is 1. The number of carbonyl (C=O) groups excluding carboxylic acids is 1. The summed E-state index contributed by atoms with van der Waals surface area (Å²) in [6.07, 6.45) is 13.6. The van der Waals surface area contributed by atoms with Crippen molar-refractivity contribution in [3.8, 4) is 0 Å². The highest BCUT2D eigenvalue weighted by Crippen LogP contribution is 2.20. The van der Waals surface area contributed by atoms with Gasteiger partial charge in [0.15, 0.2) is 0 Å². The van der Waals surface area contributed by atoms with Crippen molar-refractivity contribution in [3.05, 3.63) is 11.6 Å². The second-order valence-electron chi connectivity index (χ2n) is 8.04. The Morgan fingerprint density at radius 3 is 2.80 bits per heavy atom. The highest BCUT2D eigenvalue weighted by molar-refractivity contribution is 5.78. The first-order chi connectivity index (χ1) is 12.2. The lowest BCUT2D eigenvalue weighted by atomic mass is 9.96. The van der Waals surface area contributed by atoms with Crippen LogP contribution in [0.15, 0.2) is 11.6 Å². The molecule has 1 saturated heterocycles. The van der Waals surface area contributed by atoms with E-state index in [2.05, 4.69) is 35.2 Å². The Morgan fingerprint density at radius 2 is 2.12 bits per heavy atom. The van der Waals surface area contributed by atoms with Crippen LogP contribution in [0.25, 0.3) is 0 Å². The van der Waals surface area contributed by atoms with Crippen molar-refractivity contribution in [3.63, 3.8) is 0 Å². The first-order valence-corrected chi connectivity index (χ1v) is 10.5. The van der Waals surface area contributed by atoms with Crippen LogP contribution in [-0.4, -0.2) is 62.0 Å². The lowest BCUT2D eigenvalue weighted by Crippen LogP contribution is -2.43. The van der Waals surface area contributed by atoms with Crippen LogP contribution in [0.4, 0.5) is 0 Å². The molecule has 1 N–H and O–H groups in total. The maximum absolute atomic E-state index is 12.2. The molecule has 1 aliphatic heterocycles. The number of likely N-dealkylation sites (tertiary alicyclic amines) is 1. The predicted octanol–water partition coefficient (Wildman–Crippen LogP) is 3.44. The minimum absolute atomic E-state index is 0.204. The van der Waals surface area contributed by atoms with Crippen molar-refractivity contribution >= 4 is 5.91 Å². The van der Waals surface area contributed by atoms with Crippen molar-refractivity contribution in [1.29, 1.82) is 0 Å². The summed E-state index contributed by atoms with van der Waals surface area (Å²) < 4.78 is 0. The minimum atomic E-state index is 0.204. The number of amides is 1. The van der Waals surface area contributed by atoms with E-state index >= 15 is 0 Å². The Hall–Kier alpha value is -0.870. The molecular formula is C21H39N3O. The number of hydrogen-bond donors (Lipinski definition) is 1. The van der Waals surface area contributed by atoms with E-state index in [1.807, 2.05) is 0 Å². The van der Waals surface area contributed by atoms with Gasteiger partial charge in [-0.1, -0.05) is 25.0 Å². The summed E-state index contributed by atoms with van der Waals surface area (Å²) in [5.41, 5.74) is 1.54. The van der Waals surface area contributed by atoms with Crippen molar-refractivity contribution in [2.45, 2.75) is 64.7 Å². The van der Waals surface area contributed by atoms with E-state index in [4.69, 9.17) is 0 Å². The SMILES string of the molecule is CCCCN(C)CC1CCN(CC(=O)NCCC2=CCCCC2)CC1. The van der Waals surface area contributed by atoms with Crippen LogP contribution in [0, 0.1) is 5.92 Å². The molecular weight excluding hydrogens is 310 g/mol. The largest absolute Gasteiger partial charge is 0.355 e. The van der Waals surface area contributed by atoms with E-state index in [9.17, 15) is 4.79 Å². The monoisotopic (exact) mass is 349 g/mol. The summed E-state index contributed by atoms with van der Waals surface area (Å²) in [5.74, 6) is 1.01. The number of hydrogen-bond acceptors (Lipinski definition) is 3. The molecule has 4 nitrogen and oxygen atoms in total. The predicted molar refractivity (Wildman–Crippen MR) is 106 cm³/mol. The van der Waals surface area contributed by atoms with Crippen molar-refractivity contribution in [2.75, 3.05) is 46.3 Å². The molecule has 4 heteroatoms. The summed E-state index contributed by atoms with van der Waals surface area (Å²) in [4.78, 5) is 17.0. The van der Waals surface area contributed by atoms with Crippen LogP contribution in [0.2, 0.25) is 0 Å². The molecule has 0 aromatic carbocycles. The van der Waals surface area contributed by atoms with Gasteiger partial charge >= 0.3 is 0 Å². The Balaban J connectivity index is 1.54. The van der Waals surface area contributed by atoms with Gasteiger partial charge in [-0.2, -0.15) is 0 Å². The highest BCUT2D eigenvalue weighted by Gasteiger charge is 2.21. The standard InChI is InChI=1S/C21H39N3O/c1-3-4-14-23(2)17-20-11-15-24(16-12-20)18-21(25)22-13-10-19-8-6-5-7-9-19/h8,20H,3-7,9-18H2,1-2H3,(H,22,25). The zero-order chi connectivity index (χ0) is 17.9. The van der Waals surface area contributed by atoms with Crippen molar-refractivity contribution in [2.24, 2.45) is 5.92 Å². The number of rotatable bonds is 10. The molecule has 2 rings (SSSR count). The molecule has 0 saturated carbocycles. The van der Waals surface area contributed by atoms with Gasteiger partial charge in [0.25, 0.3) is 0 Å². The van der Waals surface area contributed by atoms with Crippen LogP contribution in [0.5, 0.6) is 0 Å². The van der Waals surface area contributed by atoms with E-state index in [0.717, 1.165) is 32.0 Å². The molecule has 0 radical (unpaired) electrons. The quantitative estimate of drug-likeness (QED) is 0.614. The number of allylic oxidation sites excluding steroid dienone is 1. The van der Waals surface area contributed by atoms with Gasteiger partial charge < -0.3 is 10.2 Å². The molecule has 0 unspecified atom stereocenters. The molecule has 25 heavy (non-hydrogen) atoms. The first-order valence-electron chi connectivity index (χ1n) is 10.5. The van der Waals surface area contributed by atoms with Gasteiger partial charge in [-0.15, -0.1) is 0 Å². The van der Waals surface area contributed by atoms with Gasteiger partial charge in [-0.25, -0.2) is 0 Å². The van der Waals surface area contributed by atoms with E-state index < -0.39 is 0 Å². The summed E-state index contributed by atoms with van der Waals surface area (Å²) in [6.45, 7) is 8.23. The Labute approximate surface area is 155 Å². The lowest BCUT2D eigenvalue weighted by Gasteiger charge is -2.33. The van der Waals surface area contributed by atoms with Gasteiger partial charge in [0.05, 0.1) is 6.54 Å². The highest BCUT2D eigenvalue weighted by atomic mass is 16.2. The first kappa shape index (κ1) is 20.4. The second kappa shape index (κ2) is 11.7. The number of unbranched alkanes of at least 4 members (excludes halogenated alkanes) is 1. The fourth-order valence-electron chi connectivity index (χ4n) is 4.04. The third kappa shape index (κ3) is 8.37. The average Bonchev–Trinajstić information content (AvgIpc) is 2.62. The van der Waals surface area contributed by atoms with E-state index in [0.29, 0.717) is 6.54 Å². The fourth-order valence-corrected chi connectivity index (χ4v) is 4.04. The topological polar surface area (TPSA) is 35.6 Å². The van der Waals surface area contributed by atoms with Gasteiger partial charge in [0, 0.05) is 13.1 Å². The van der Waals surface area contributed by atoms with Crippen LogP contribution in [0.3, 0.4) is 0 Å². The molecule has 0 aromatic heterocycles. The smallest absolute Gasteiger partial charge is 0.234 e. The molecule has 0 atom stereocenters. The Kier molecular flexibility index (Phi) is 9.56. The molecule has 0 bridgehead atoms. The molecule has 1 fully saturated rings. The van der Waals surface area contributed by atoms with Gasteiger partial charge in [-0.3, -0.25) is 9.69 Å². The number of carbonyl (C=O) groups is 1. The zero-order valence-electron chi connectivity index (χ0n) is 16.6. The Bertz CT molecular complexity index is 413. The van der Waals surface area contributed by atoms with Crippen LogP contribution < -0.4 is 5.32 Å². The summed E-state index contributed by atoms with van der Waals surface area (Å²) >= 11 is 0. The molecule has 0 aromatic rings. The van der Waals surface area contributed by atoms with E-state index in [1.165, 1.54) is 64.5 Å². The van der Waals surface area contributed by atoms with E-state index in [-0.39, 0.29) is 5.91 Å². The third-order valence-electron chi connectivity index (χ3n) is 5.69. The number of nitrogens with one attached hydrogen (secondary N) is 1. The second-order valence-corrected chi connectivity index (χ2v) is 8.04. The zero-order valence-corrected chi connectivity index (χ0v) is 16.6. The lowest BCUT2D eigenvalue weighted by molar-refractivity contribution is -0.122. The van der Waals surface area contributed by atoms with Crippen LogP contribution in [-0.2, 0) is 4.79 Å². The molecule has 0 spiro atoms. The maximum Gasteiger partial charge on any atom is 0.234 e. The van der Waals surface area contributed by atoms with Crippen molar-refractivity contribution in [1.82, 2.24) is 15.1 Å². The van der Waals surface area contributed by atoms with Gasteiger partial charge in [-0.05, 0) is 84.0 Å². The Morgan fingerprint density at radius 1 is 1.32 bits per heavy atom. The summed E-state index contributed by atoms with van der Waals surface area (Å²) in [6, 6.07) is 0. The maximum atomic E-state index is 12.2. The van der Waals surface area contributed by atoms with E-state index in [1.54, 1.807) is 5.57 Å². The molecule has 1 aliphatic carbocycles. The minimum Gasteiger partial charge on any atom is -0.355 e. The summed E-state index contributed by atoms with van der Waals surface area (Å²) in [7, 11) is 2.25. The van der Waals surface area contributed by atoms with Crippen LogP contribution in [0.1, 0.15) is 64.7 Å². The third-order valence-corrected chi connectivity index (χ3v) is 5.69. The normalized spacial score (nSPS) is 19.9. The van der Waals surface area contributed by atoms with Crippen molar-refractivity contribution < 1.29 is 4.79 Å².